The molecule has 2 aromatic rings. The van der Waals surface area contributed by atoms with E-state index in [4.69, 9.17) is 4.74 Å². The zero-order valence-corrected chi connectivity index (χ0v) is 14.6. The zero-order valence-electron chi connectivity index (χ0n) is 14.6. The van der Waals surface area contributed by atoms with E-state index in [1.807, 2.05) is 18.2 Å². The maximum Gasteiger partial charge on any atom is 0.118 e. The summed E-state index contributed by atoms with van der Waals surface area (Å²) in [5, 5.41) is 0. The molecule has 0 aromatic heterocycles. The number of rotatable bonds is 3. The summed E-state index contributed by atoms with van der Waals surface area (Å²) in [6, 6.07) is 18.7. The first-order valence-electron chi connectivity index (χ1n) is 8.09. The van der Waals surface area contributed by atoms with E-state index in [2.05, 4.69) is 69.8 Å². The average Bonchev–Trinajstić information content (AvgIpc) is 2.95. The molecule has 1 nitrogen and oxygen atoms in total. The summed E-state index contributed by atoms with van der Waals surface area (Å²) < 4.78 is 5.28. The van der Waals surface area contributed by atoms with Gasteiger partial charge in [0.2, 0.25) is 0 Å². The normalized spacial score (nSPS) is 17.3. The molecule has 1 heteroatoms. The Balaban J connectivity index is 2.19. The third kappa shape index (κ3) is 2.62. The molecule has 1 fully saturated rings. The summed E-state index contributed by atoms with van der Waals surface area (Å²) in [6.45, 7) is 9.19. The first kappa shape index (κ1) is 15.6. The monoisotopic (exact) mass is 304 g/mol. The molecule has 0 spiro atoms. The Hall–Kier alpha value is -2.24. The van der Waals surface area contributed by atoms with E-state index in [1.165, 1.54) is 16.7 Å². The quantitative estimate of drug-likeness (QED) is 0.659. The number of allylic oxidation sites excluding steroid dienone is 1. The van der Waals surface area contributed by atoms with Gasteiger partial charge in [-0.2, -0.15) is 0 Å². The van der Waals surface area contributed by atoms with E-state index < -0.39 is 0 Å². The molecule has 23 heavy (non-hydrogen) atoms. The molecule has 1 saturated carbocycles. The van der Waals surface area contributed by atoms with Crippen molar-refractivity contribution in [2.24, 2.45) is 10.8 Å². The lowest BCUT2D eigenvalue weighted by atomic mass is 9.98. The molecule has 0 heterocycles. The van der Waals surface area contributed by atoms with Gasteiger partial charge in [0.25, 0.3) is 0 Å². The molecule has 0 bridgehead atoms. The molecule has 0 radical (unpaired) electrons. The van der Waals surface area contributed by atoms with E-state index in [9.17, 15) is 0 Å². The fraction of sp³-hybridized carbons (Fsp3) is 0.318. The van der Waals surface area contributed by atoms with Gasteiger partial charge in [0.15, 0.2) is 0 Å². The lowest BCUT2D eigenvalue weighted by molar-refractivity contribution is 0.415. The summed E-state index contributed by atoms with van der Waals surface area (Å²) in [4.78, 5) is 0. The van der Waals surface area contributed by atoms with Crippen molar-refractivity contribution in [3.05, 3.63) is 77.0 Å². The number of hydrogen-bond donors (Lipinski definition) is 0. The van der Waals surface area contributed by atoms with Crippen LogP contribution < -0.4 is 4.74 Å². The van der Waals surface area contributed by atoms with E-state index in [0.29, 0.717) is 0 Å². The largest absolute Gasteiger partial charge is 0.497 e. The third-order valence-corrected chi connectivity index (χ3v) is 5.44. The molecule has 1 aliphatic rings. The van der Waals surface area contributed by atoms with Gasteiger partial charge in [-0.25, -0.2) is 0 Å². The minimum atomic E-state index is 0.208. The van der Waals surface area contributed by atoms with E-state index in [0.717, 1.165) is 11.3 Å². The van der Waals surface area contributed by atoms with Gasteiger partial charge in [0.1, 0.15) is 5.75 Å². The van der Waals surface area contributed by atoms with Crippen molar-refractivity contribution < 1.29 is 4.74 Å². The lowest BCUT2D eigenvalue weighted by Crippen LogP contribution is -1.95. The highest BCUT2D eigenvalue weighted by Gasteiger charge is 2.60. The van der Waals surface area contributed by atoms with Crippen molar-refractivity contribution in [1.29, 1.82) is 0 Å². The van der Waals surface area contributed by atoms with Gasteiger partial charge in [0.05, 0.1) is 7.11 Å². The van der Waals surface area contributed by atoms with Gasteiger partial charge in [-0.05, 0) is 28.8 Å². The predicted molar refractivity (Wildman–Crippen MR) is 96.5 cm³/mol. The molecule has 0 saturated heterocycles. The Morgan fingerprint density at radius 1 is 0.783 bits per heavy atom. The molecule has 2 aromatic carbocycles. The molecule has 0 N–H and O–H groups in total. The van der Waals surface area contributed by atoms with Crippen LogP contribution in [0.15, 0.2) is 65.9 Å². The number of methoxy groups -OCH3 is 1. The standard InChI is InChI=1S/C22H24O/c1-21(2)20(22(21,3)4)15-19(16-9-7-6-8-10-16)17-11-13-18(23-5)14-12-17/h6-14H,1-5H3. The van der Waals surface area contributed by atoms with E-state index in [-0.39, 0.29) is 10.8 Å². The Kier molecular flexibility index (Phi) is 3.70. The fourth-order valence-corrected chi connectivity index (χ4v) is 3.14. The third-order valence-electron chi connectivity index (χ3n) is 5.44. The zero-order chi connectivity index (χ0) is 16.7. The van der Waals surface area contributed by atoms with Crippen LogP contribution in [0.5, 0.6) is 5.75 Å². The van der Waals surface area contributed by atoms with Crippen LogP contribution in [-0.4, -0.2) is 7.11 Å². The van der Waals surface area contributed by atoms with Crippen molar-refractivity contribution in [2.75, 3.05) is 7.11 Å². The van der Waals surface area contributed by atoms with Gasteiger partial charge < -0.3 is 4.74 Å². The number of ether oxygens (including phenoxy) is 1. The lowest BCUT2D eigenvalue weighted by Gasteiger charge is -2.07. The Bertz CT molecular complexity index is 754. The average molecular weight is 304 g/mol. The maximum absolute atomic E-state index is 5.28. The number of hydrogen-bond acceptors (Lipinski definition) is 1. The van der Waals surface area contributed by atoms with Crippen molar-refractivity contribution in [3.63, 3.8) is 0 Å². The summed E-state index contributed by atoms with van der Waals surface area (Å²) in [6.07, 6.45) is 0. The van der Waals surface area contributed by atoms with Crippen molar-refractivity contribution in [1.82, 2.24) is 0 Å². The highest BCUT2D eigenvalue weighted by atomic mass is 16.5. The van der Waals surface area contributed by atoms with Gasteiger partial charge >= 0.3 is 0 Å². The summed E-state index contributed by atoms with van der Waals surface area (Å²) >= 11 is 0. The van der Waals surface area contributed by atoms with Gasteiger partial charge in [-0.1, -0.05) is 70.2 Å². The van der Waals surface area contributed by atoms with Crippen LogP contribution >= 0.6 is 0 Å². The molecule has 118 valence electrons. The number of benzene rings is 2. The molecule has 0 atom stereocenters. The van der Waals surface area contributed by atoms with Gasteiger partial charge in [-0.15, -0.1) is 5.73 Å². The van der Waals surface area contributed by atoms with E-state index >= 15 is 0 Å². The first-order valence-corrected chi connectivity index (χ1v) is 8.09. The SMILES string of the molecule is COc1ccc(C(=C=C2C(C)(C)C2(C)C)c2ccccc2)cc1. The highest BCUT2D eigenvalue weighted by Crippen LogP contribution is 2.67. The fourth-order valence-electron chi connectivity index (χ4n) is 3.14. The van der Waals surface area contributed by atoms with Crippen LogP contribution in [0, 0.1) is 10.8 Å². The van der Waals surface area contributed by atoms with Gasteiger partial charge in [0, 0.05) is 16.4 Å². The Labute approximate surface area is 139 Å². The molecular formula is C22H24O. The van der Waals surface area contributed by atoms with Crippen molar-refractivity contribution in [3.8, 4) is 5.75 Å². The van der Waals surface area contributed by atoms with Crippen LogP contribution in [0.25, 0.3) is 5.57 Å². The molecule has 0 aliphatic heterocycles. The Morgan fingerprint density at radius 2 is 1.30 bits per heavy atom. The maximum atomic E-state index is 5.28. The van der Waals surface area contributed by atoms with Crippen molar-refractivity contribution in [2.45, 2.75) is 27.7 Å². The molecular weight excluding hydrogens is 280 g/mol. The second-order valence-corrected chi connectivity index (χ2v) is 7.22. The second kappa shape index (κ2) is 5.44. The minimum Gasteiger partial charge on any atom is -0.497 e. The van der Waals surface area contributed by atoms with Crippen molar-refractivity contribution >= 4 is 5.57 Å². The molecule has 0 unspecified atom stereocenters. The minimum absolute atomic E-state index is 0.208. The predicted octanol–water partition coefficient (Wildman–Crippen LogP) is 5.72. The van der Waals surface area contributed by atoms with Crippen LogP contribution in [0.2, 0.25) is 0 Å². The first-order chi connectivity index (χ1) is 10.9. The molecule has 1 aliphatic carbocycles. The topological polar surface area (TPSA) is 9.23 Å². The Morgan fingerprint density at radius 3 is 1.78 bits per heavy atom. The molecule has 3 rings (SSSR count). The molecule has 0 amide bonds. The van der Waals surface area contributed by atoms with Crippen LogP contribution in [0.3, 0.4) is 0 Å². The van der Waals surface area contributed by atoms with E-state index in [1.54, 1.807) is 7.11 Å². The van der Waals surface area contributed by atoms with Crippen LogP contribution in [-0.2, 0) is 0 Å². The smallest absolute Gasteiger partial charge is 0.118 e. The summed E-state index contributed by atoms with van der Waals surface area (Å²) in [5.41, 5.74) is 9.06. The van der Waals surface area contributed by atoms with Gasteiger partial charge in [-0.3, -0.25) is 0 Å². The van der Waals surface area contributed by atoms with Crippen LogP contribution in [0.4, 0.5) is 0 Å². The van der Waals surface area contributed by atoms with Crippen LogP contribution in [0.1, 0.15) is 38.8 Å². The highest BCUT2D eigenvalue weighted by molar-refractivity contribution is 5.80. The second-order valence-electron chi connectivity index (χ2n) is 7.22. The summed E-state index contributed by atoms with van der Waals surface area (Å²) in [7, 11) is 1.69. The summed E-state index contributed by atoms with van der Waals surface area (Å²) in [5.74, 6) is 0.876.